The van der Waals surface area contributed by atoms with Crippen LogP contribution in [-0.2, 0) is 9.84 Å². The van der Waals surface area contributed by atoms with Crippen LogP contribution in [0.4, 0.5) is 0 Å². The minimum Gasteiger partial charge on any atom is -0.492 e. The fraction of sp³-hybridized carbons (Fsp3) is 0.600. The molecule has 20 heavy (non-hydrogen) atoms. The topological polar surface area (TPSA) is 69.4 Å². The Balaban J connectivity index is 2.79. The summed E-state index contributed by atoms with van der Waals surface area (Å²) in [6.07, 6.45) is 0. The SMILES string of the molecule is Cc1ccc([C@H](C)N)c(OCCS(=O)(=O)C(C)(C)C)c1. The van der Waals surface area contributed by atoms with Crippen molar-refractivity contribution in [2.75, 3.05) is 12.4 Å². The summed E-state index contributed by atoms with van der Waals surface area (Å²) in [5.74, 6) is 0.673. The zero-order valence-corrected chi connectivity index (χ0v) is 13.8. The lowest BCUT2D eigenvalue weighted by atomic mass is 10.1. The van der Waals surface area contributed by atoms with Crippen molar-refractivity contribution in [3.63, 3.8) is 0 Å². The van der Waals surface area contributed by atoms with Crippen LogP contribution in [0, 0.1) is 6.92 Å². The van der Waals surface area contributed by atoms with Gasteiger partial charge in [-0.2, -0.15) is 0 Å². The molecule has 0 aliphatic carbocycles. The van der Waals surface area contributed by atoms with Crippen LogP contribution < -0.4 is 10.5 Å². The summed E-state index contributed by atoms with van der Waals surface area (Å²) in [6, 6.07) is 5.64. The summed E-state index contributed by atoms with van der Waals surface area (Å²) >= 11 is 0. The first-order valence-electron chi connectivity index (χ1n) is 6.76. The molecule has 0 bridgehead atoms. The number of aryl methyl sites for hydroxylation is 1. The Morgan fingerprint density at radius 1 is 1.30 bits per heavy atom. The molecule has 2 N–H and O–H groups in total. The van der Waals surface area contributed by atoms with E-state index in [4.69, 9.17) is 10.5 Å². The van der Waals surface area contributed by atoms with Gasteiger partial charge in [0.2, 0.25) is 0 Å². The molecule has 0 fully saturated rings. The third-order valence-electron chi connectivity index (χ3n) is 3.20. The maximum atomic E-state index is 12.0. The Labute approximate surface area is 122 Å². The van der Waals surface area contributed by atoms with Gasteiger partial charge in [0.25, 0.3) is 0 Å². The Bertz CT molecular complexity index is 557. The number of rotatable bonds is 5. The molecule has 1 aromatic carbocycles. The molecule has 1 atom stereocenters. The van der Waals surface area contributed by atoms with Crippen LogP contribution in [0.1, 0.15) is 44.9 Å². The zero-order valence-electron chi connectivity index (χ0n) is 12.9. The second kappa shape index (κ2) is 6.14. The van der Waals surface area contributed by atoms with E-state index in [9.17, 15) is 8.42 Å². The van der Waals surface area contributed by atoms with Gasteiger partial charge in [0.05, 0.1) is 10.5 Å². The number of ether oxygens (including phenoxy) is 1. The van der Waals surface area contributed by atoms with Crippen LogP contribution >= 0.6 is 0 Å². The molecule has 0 aliphatic heterocycles. The van der Waals surface area contributed by atoms with Crippen LogP contribution in [0.25, 0.3) is 0 Å². The number of nitrogens with two attached hydrogens (primary N) is 1. The molecule has 0 radical (unpaired) electrons. The highest BCUT2D eigenvalue weighted by Crippen LogP contribution is 2.25. The molecule has 1 aromatic rings. The second-order valence-corrected chi connectivity index (χ2v) is 8.97. The van der Waals surface area contributed by atoms with Gasteiger partial charge in [-0.15, -0.1) is 0 Å². The molecule has 114 valence electrons. The van der Waals surface area contributed by atoms with E-state index in [0.717, 1.165) is 11.1 Å². The predicted molar refractivity (Wildman–Crippen MR) is 82.8 cm³/mol. The molecule has 4 nitrogen and oxygen atoms in total. The monoisotopic (exact) mass is 299 g/mol. The molecule has 0 spiro atoms. The third kappa shape index (κ3) is 4.21. The molecule has 0 aliphatic rings. The van der Waals surface area contributed by atoms with Gasteiger partial charge in [-0.3, -0.25) is 0 Å². The van der Waals surface area contributed by atoms with Crippen LogP contribution in [-0.4, -0.2) is 25.5 Å². The zero-order chi connectivity index (χ0) is 15.6. The average Bonchev–Trinajstić information content (AvgIpc) is 2.26. The summed E-state index contributed by atoms with van der Waals surface area (Å²) in [4.78, 5) is 0. The summed E-state index contributed by atoms with van der Waals surface area (Å²) in [6.45, 7) is 9.07. The highest BCUT2D eigenvalue weighted by Gasteiger charge is 2.28. The first-order chi connectivity index (χ1) is 9.04. The maximum Gasteiger partial charge on any atom is 0.158 e. The first-order valence-corrected chi connectivity index (χ1v) is 8.41. The van der Waals surface area contributed by atoms with Gasteiger partial charge in [-0.25, -0.2) is 8.42 Å². The fourth-order valence-electron chi connectivity index (χ4n) is 1.71. The van der Waals surface area contributed by atoms with Crippen molar-refractivity contribution in [1.29, 1.82) is 0 Å². The number of sulfone groups is 1. The van der Waals surface area contributed by atoms with Crippen molar-refractivity contribution in [2.45, 2.75) is 45.4 Å². The van der Waals surface area contributed by atoms with Crippen LogP contribution in [0.5, 0.6) is 5.75 Å². The largest absolute Gasteiger partial charge is 0.492 e. The minimum atomic E-state index is -3.17. The summed E-state index contributed by atoms with van der Waals surface area (Å²) < 4.78 is 28.9. The van der Waals surface area contributed by atoms with Gasteiger partial charge in [-0.1, -0.05) is 12.1 Å². The lowest BCUT2D eigenvalue weighted by Crippen LogP contribution is -2.32. The van der Waals surface area contributed by atoms with Crippen molar-refractivity contribution >= 4 is 9.84 Å². The number of benzene rings is 1. The molecule has 0 saturated heterocycles. The standard InChI is InChI=1S/C15H25NO3S/c1-11-6-7-13(12(2)16)14(10-11)19-8-9-20(17,18)15(3,4)5/h6-7,10,12H,8-9,16H2,1-5H3/t12-/m0/s1. The Kier molecular flexibility index (Phi) is 5.21. The van der Waals surface area contributed by atoms with Crippen molar-refractivity contribution in [1.82, 2.24) is 0 Å². The molecule has 5 heteroatoms. The van der Waals surface area contributed by atoms with E-state index in [1.165, 1.54) is 0 Å². The molecule has 0 heterocycles. The van der Waals surface area contributed by atoms with E-state index in [0.29, 0.717) is 5.75 Å². The van der Waals surface area contributed by atoms with Crippen molar-refractivity contribution in [2.24, 2.45) is 5.73 Å². The summed E-state index contributed by atoms with van der Waals surface area (Å²) in [7, 11) is -3.17. The van der Waals surface area contributed by atoms with E-state index in [1.54, 1.807) is 20.8 Å². The van der Waals surface area contributed by atoms with Gasteiger partial charge >= 0.3 is 0 Å². The molecule has 0 unspecified atom stereocenters. The number of hydrogen-bond acceptors (Lipinski definition) is 4. The van der Waals surface area contributed by atoms with Crippen molar-refractivity contribution in [3.05, 3.63) is 29.3 Å². The van der Waals surface area contributed by atoms with E-state index >= 15 is 0 Å². The van der Waals surface area contributed by atoms with Gasteiger partial charge < -0.3 is 10.5 Å². The Morgan fingerprint density at radius 3 is 2.40 bits per heavy atom. The van der Waals surface area contributed by atoms with Crippen LogP contribution in [0.15, 0.2) is 18.2 Å². The fourth-order valence-corrected chi connectivity index (χ4v) is 2.63. The molecule has 0 amide bonds. The van der Waals surface area contributed by atoms with Gasteiger partial charge in [0.15, 0.2) is 9.84 Å². The predicted octanol–water partition coefficient (Wildman–Crippen LogP) is 2.61. The quantitative estimate of drug-likeness (QED) is 0.907. The lowest BCUT2D eigenvalue weighted by molar-refractivity contribution is 0.334. The van der Waals surface area contributed by atoms with Gasteiger partial charge in [0.1, 0.15) is 12.4 Å². The average molecular weight is 299 g/mol. The van der Waals surface area contributed by atoms with E-state index in [-0.39, 0.29) is 18.4 Å². The van der Waals surface area contributed by atoms with Gasteiger partial charge in [-0.05, 0) is 46.2 Å². The van der Waals surface area contributed by atoms with E-state index in [2.05, 4.69) is 0 Å². The number of hydrogen-bond donors (Lipinski definition) is 1. The van der Waals surface area contributed by atoms with Crippen LogP contribution in [0.3, 0.4) is 0 Å². The molecular formula is C15H25NO3S. The minimum absolute atomic E-state index is 0.00281. The lowest BCUT2D eigenvalue weighted by Gasteiger charge is -2.20. The molecule has 1 rings (SSSR count). The smallest absolute Gasteiger partial charge is 0.158 e. The molecule has 0 saturated carbocycles. The normalized spacial score (nSPS) is 14.1. The molecular weight excluding hydrogens is 274 g/mol. The Morgan fingerprint density at radius 2 is 1.90 bits per heavy atom. The van der Waals surface area contributed by atoms with Crippen LogP contribution in [0.2, 0.25) is 0 Å². The second-order valence-electron chi connectivity index (χ2n) is 6.11. The first kappa shape index (κ1) is 17.0. The third-order valence-corrected chi connectivity index (χ3v) is 5.77. The van der Waals surface area contributed by atoms with E-state index in [1.807, 2.05) is 32.0 Å². The van der Waals surface area contributed by atoms with Gasteiger partial charge in [0, 0.05) is 11.6 Å². The highest BCUT2D eigenvalue weighted by atomic mass is 32.2. The Hall–Kier alpha value is -1.07. The summed E-state index contributed by atoms with van der Waals surface area (Å²) in [5, 5.41) is 0. The summed E-state index contributed by atoms with van der Waals surface area (Å²) in [5.41, 5.74) is 7.84. The van der Waals surface area contributed by atoms with Crippen molar-refractivity contribution < 1.29 is 13.2 Å². The highest BCUT2D eigenvalue weighted by molar-refractivity contribution is 7.92. The van der Waals surface area contributed by atoms with E-state index < -0.39 is 14.6 Å². The van der Waals surface area contributed by atoms with Crippen molar-refractivity contribution in [3.8, 4) is 5.75 Å². The molecule has 0 aromatic heterocycles. The maximum absolute atomic E-state index is 12.0.